The van der Waals surface area contributed by atoms with Gasteiger partial charge < -0.3 is 0 Å². The Morgan fingerprint density at radius 2 is 1.83 bits per heavy atom. The average molecular weight is 338 g/mol. The van der Waals surface area contributed by atoms with E-state index in [4.69, 9.17) is 11.6 Å². The summed E-state index contributed by atoms with van der Waals surface area (Å²) in [6.07, 6.45) is 3.46. The van der Waals surface area contributed by atoms with Crippen LogP contribution in [0.5, 0.6) is 0 Å². The van der Waals surface area contributed by atoms with E-state index in [0.717, 1.165) is 21.8 Å². The van der Waals surface area contributed by atoms with Gasteiger partial charge in [-0.25, -0.2) is 4.98 Å². The summed E-state index contributed by atoms with van der Waals surface area (Å²) in [6, 6.07) is 17.4. The topological polar surface area (TPSA) is 49.6 Å². The summed E-state index contributed by atoms with van der Waals surface area (Å²) in [6.45, 7) is 0. The molecule has 3 aromatic rings. The van der Waals surface area contributed by atoms with Crippen LogP contribution in [-0.2, 0) is 5.75 Å². The van der Waals surface area contributed by atoms with Gasteiger partial charge in [0.2, 0.25) is 0 Å². The molecule has 112 valence electrons. The van der Waals surface area contributed by atoms with E-state index in [9.17, 15) is 5.26 Å². The number of halogens is 1. The molecule has 2 heterocycles. The zero-order chi connectivity index (χ0) is 16.1. The van der Waals surface area contributed by atoms with Gasteiger partial charge in [0.15, 0.2) is 0 Å². The summed E-state index contributed by atoms with van der Waals surface area (Å²) in [5.74, 6) is 0.668. The minimum atomic E-state index is 0.569. The molecule has 1 aromatic carbocycles. The summed E-state index contributed by atoms with van der Waals surface area (Å²) in [7, 11) is 0. The number of thioether (sulfide) groups is 1. The van der Waals surface area contributed by atoms with Gasteiger partial charge in [-0.15, -0.1) is 11.8 Å². The standard InChI is InChI=1S/C18H12ClN3S/c19-16-4-2-1-3-15(16)12-23-18-14(11-20)5-6-17(22-18)13-7-9-21-10-8-13/h1-10H,12H2. The minimum absolute atomic E-state index is 0.569. The van der Waals surface area contributed by atoms with Gasteiger partial charge in [-0.3, -0.25) is 4.98 Å². The van der Waals surface area contributed by atoms with E-state index in [1.165, 1.54) is 11.8 Å². The van der Waals surface area contributed by atoms with Crippen LogP contribution in [0, 0.1) is 11.3 Å². The SMILES string of the molecule is N#Cc1ccc(-c2ccncc2)nc1SCc1ccccc1Cl. The van der Waals surface area contributed by atoms with Crippen molar-refractivity contribution >= 4 is 23.4 Å². The number of hydrogen-bond acceptors (Lipinski definition) is 4. The molecule has 0 saturated heterocycles. The number of pyridine rings is 2. The Morgan fingerprint density at radius 1 is 1.04 bits per heavy atom. The van der Waals surface area contributed by atoms with Crippen molar-refractivity contribution in [2.24, 2.45) is 0 Å². The molecule has 0 atom stereocenters. The average Bonchev–Trinajstić information content (AvgIpc) is 2.61. The first-order valence-electron chi connectivity index (χ1n) is 6.95. The van der Waals surface area contributed by atoms with Crippen molar-refractivity contribution in [3.8, 4) is 17.3 Å². The molecule has 0 aliphatic rings. The third-order valence-corrected chi connectivity index (χ3v) is 4.69. The monoisotopic (exact) mass is 337 g/mol. The number of nitriles is 1. The summed E-state index contributed by atoms with van der Waals surface area (Å²) < 4.78 is 0. The van der Waals surface area contributed by atoms with Crippen LogP contribution in [0.25, 0.3) is 11.3 Å². The van der Waals surface area contributed by atoms with Crippen molar-refractivity contribution in [3.05, 3.63) is 77.1 Å². The lowest BCUT2D eigenvalue weighted by Gasteiger charge is -2.07. The molecule has 0 bridgehead atoms. The van der Waals surface area contributed by atoms with Crippen molar-refractivity contribution in [2.75, 3.05) is 0 Å². The Labute approximate surface area is 144 Å². The molecule has 0 fully saturated rings. The molecular formula is C18H12ClN3S. The van der Waals surface area contributed by atoms with E-state index in [-0.39, 0.29) is 0 Å². The van der Waals surface area contributed by atoms with Crippen LogP contribution in [0.15, 0.2) is 66.0 Å². The summed E-state index contributed by atoms with van der Waals surface area (Å²) in [4.78, 5) is 8.64. The molecule has 5 heteroatoms. The molecule has 0 amide bonds. The molecule has 0 saturated carbocycles. The molecule has 0 aliphatic carbocycles. The molecule has 23 heavy (non-hydrogen) atoms. The van der Waals surface area contributed by atoms with Gasteiger partial charge in [0.05, 0.1) is 11.3 Å². The fourth-order valence-corrected chi connectivity index (χ4v) is 3.34. The Bertz CT molecular complexity index is 860. The number of rotatable bonds is 4. The molecule has 2 aromatic heterocycles. The van der Waals surface area contributed by atoms with Crippen molar-refractivity contribution in [1.82, 2.24) is 9.97 Å². The van der Waals surface area contributed by atoms with Gasteiger partial charge >= 0.3 is 0 Å². The lowest BCUT2D eigenvalue weighted by molar-refractivity contribution is 1.11. The van der Waals surface area contributed by atoms with Gasteiger partial charge in [-0.1, -0.05) is 29.8 Å². The van der Waals surface area contributed by atoms with Crippen LogP contribution in [0.3, 0.4) is 0 Å². The summed E-state index contributed by atoms with van der Waals surface area (Å²) in [5, 5.41) is 10.7. The Morgan fingerprint density at radius 3 is 2.57 bits per heavy atom. The van der Waals surface area contributed by atoms with Crippen molar-refractivity contribution < 1.29 is 0 Å². The number of hydrogen-bond donors (Lipinski definition) is 0. The predicted molar refractivity (Wildman–Crippen MR) is 93.2 cm³/mol. The Hall–Kier alpha value is -2.35. The van der Waals surface area contributed by atoms with E-state index in [0.29, 0.717) is 16.3 Å². The number of nitrogens with zero attached hydrogens (tertiary/aromatic N) is 3. The molecule has 3 rings (SSSR count). The second-order valence-corrected chi connectivity index (χ2v) is 6.15. The molecule has 3 nitrogen and oxygen atoms in total. The predicted octanol–water partition coefficient (Wildman–Crippen LogP) is 4.96. The zero-order valence-electron chi connectivity index (χ0n) is 12.1. The fourth-order valence-electron chi connectivity index (χ4n) is 2.08. The first-order chi connectivity index (χ1) is 11.3. The number of aromatic nitrogens is 2. The van der Waals surface area contributed by atoms with Crippen LogP contribution in [0.2, 0.25) is 5.02 Å². The van der Waals surface area contributed by atoms with Crippen molar-refractivity contribution in [1.29, 1.82) is 5.26 Å². The fraction of sp³-hybridized carbons (Fsp3) is 0.0556. The van der Waals surface area contributed by atoms with Crippen molar-refractivity contribution in [3.63, 3.8) is 0 Å². The molecule has 0 spiro atoms. The third kappa shape index (κ3) is 3.70. The maximum absolute atomic E-state index is 9.29. The first kappa shape index (κ1) is 15.5. The van der Waals surface area contributed by atoms with Crippen molar-refractivity contribution in [2.45, 2.75) is 10.8 Å². The highest BCUT2D eigenvalue weighted by Crippen LogP contribution is 2.29. The quantitative estimate of drug-likeness (QED) is 0.631. The van der Waals surface area contributed by atoms with Crippen LogP contribution in [0.4, 0.5) is 0 Å². The van der Waals surface area contributed by atoms with E-state index in [2.05, 4.69) is 16.0 Å². The summed E-state index contributed by atoms with van der Waals surface area (Å²) in [5.41, 5.74) is 3.40. The maximum Gasteiger partial charge on any atom is 0.115 e. The minimum Gasteiger partial charge on any atom is -0.265 e. The zero-order valence-corrected chi connectivity index (χ0v) is 13.7. The van der Waals surface area contributed by atoms with Crippen LogP contribution < -0.4 is 0 Å². The van der Waals surface area contributed by atoms with E-state index in [1.54, 1.807) is 18.5 Å². The van der Waals surface area contributed by atoms with Crippen LogP contribution >= 0.6 is 23.4 Å². The molecule has 0 aliphatic heterocycles. The first-order valence-corrected chi connectivity index (χ1v) is 8.32. The second kappa shape index (κ2) is 7.28. The third-order valence-electron chi connectivity index (χ3n) is 3.28. The highest BCUT2D eigenvalue weighted by Gasteiger charge is 2.09. The smallest absolute Gasteiger partial charge is 0.115 e. The van der Waals surface area contributed by atoms with Gasteiger partial charge in [0, 0.05) is 28.7 Å². The van der Waals surface area contributed by atoms with Crippen LogP contribution in [-0.4, -0.2) is 9.97 Å². The molecule has 0 unspecified atom stereocenters. The molecule has 0 radical (unpaired) electrons. The second-order valence-electron chi connectivity index (χ2n) is 4.78. The number of benzene rings is 1. The molecule has 0 N–H and O–H groups in total. The van der Waals surface area contributed by atoms with Gasteiger partial charge in [-0.2, -0.15) is 5.26 Å². The van der Waals surface area contributed by atoms with Gasteiger partial charge in [-0.05, 0) is 35.9 Å². The highest BCUT2D eigenvalue weighted by atomic mass is 35.5. The largest absolute Gasteiger partial charge is 0.265 e. The highest BCUT2D eigenvalue weighted by molar-refractivity contribution is 7.98. The van der Waals surface area contributed by atoms with Gasteiger partial charge in [0.25, 0.3) is 0 Å². The summed E-state index contributed by atoms with van der Waals surface area (Å²) >= 11 is 7.70. The van der Waals surface area contributed by atoms with E-state index in [1.807, 2.05) is 42.5 Å². The lowest BCUT2D eigenvalue weighted by Crippen LogP contribution is -1.92. The van der Waals surface area contributed by atoms with E-state index < -0.39 is 0 Å². The normalized spacial score (nSPS) is 10.3. The molecular weight excluding hydrogens is 326 g/mol. The van der Waals surface area contributed by atoms with Crippen LogP contribution in [0.1, 0.15) is 11.1 Å². The Kier molecular flexibility index (Phi) is 4.92. The van der Waals surface area contributed by atoms with Gasteiger partial charge in [0.1, 0.15) is 11.1 Å². The Balaban J connectivity index is 1.89. The lowest BCUT2D eigenvalue weighted by atomic mass is 10.1. The maximum atomic E-state index is 9.29. The van der Waals surface area contributed by atoms with E-state index >= 15 is 0 Å².